The number of fused-ring (bicyclic) bond motifs is 1. The minimum Gasteiger partial charge on any atom is -0.337 e. The first-order chi connectivity index (χ1) is 6.83. The molecule has 0 unspecified atom stereocenters. The molecule has 0 spiro atoms. The van der Waals surface area contributed by atoms with Crippen molar-refractivity contribution < 1.29 is 0 Å². The molecule has 0 atom stereocenters. The second-order valence-electron chi connectivity index (χ2n) is 3.94. The molecule has 1 heterocycles. The molecule has 0 bridgehead atoms. The Bertz CT molecular complexity index is 286. The van der Waals surface area contributed by atoms with Crippen LogP contribution in [-0.2, 0) is 0 Å². The van der Waals surface area contributed by atoms with E-state index in [1.807, 2.05) is 0 Å². The second-order valence-corrected chi connectivity index (χ2v) is 3.94. The van der Waals surface area contributed by atoms with Gasteiger partial charge in [0, 0.05) is 13.1 Å². The van der Waals surface area contributed by atoms with Crippen LogP contribution in [0.1, 0.15) is 13.3 Å². The van der Waals surface area contributed by atoms with Gasteiger partial charge in [-0.25, -0.2) is 0 Å². The lowest BCUT2D eigenvalue weighted by Crippen LogP contribution is -2.26. The van der Waals surface area contributed by atoms with Gasteiger partial charge in [-0.15, -0.1) is 0 Å². The van der Waals surface area contributed by atoms with Crippen molar-refractivity contribution in [1.82, 2.24) is 4.90 Å². The van der Waals surface area contributed by atoms with Gasteiger partial charge in [0.15, 0.2) is 0 Å². The maximum atomic E-state index is 2.39. The minimum absolute atomic E-state index is 1.13. The van der Waals surface area contributed by atoms with E-state index in [-0.39, 0.29) is 0 Å². The van der Waals surface area contributed by atoms with Crippen LogP contribution >= 0.6 is 0 Å². The first-order valence-electron chi connectivity index (χ1n) is 5.38. The van der Waals surface area contributed by atoms with E-state index in [1.54, 1.807) is 0 Å². The van der Waals surface area contributed by atoms with Gasteiger partial charge in [0.05, 0.1) is 11.4 Å². The van der Waals surface area contributed by atoms with Gasteiger partial charge in [0.2, 0.25) is 0 Å². The summed E-state index contributed by atoms with van der Waals surface area (Å²) in [6.07, 6.45) is 1.24. The Morgan fingerprint density at radius 2 is 1.79 bits per heavy atom. The van der Waals surface area contributed by atoms with Gasteiger partial charge >= 0.3 is 0 Å². The Hall–Kier alpha value is -1.02. The van der Waals surface area contributed by atoms with Gasteiger partial charge in [0.25, 0.3) is 0 Å². The van der Waals surface area contributed by atoms with Crippen LogP contribution in [0.25, 0.3) is 0 Å². The molecule has 1 aromatic rings. The SMILES string of the molecule is CCCN(C)CCN1c2ccccc21. The van der Waals surface area contributed by atoms with E-state index < -0.39 is 0 Å². The van der Waals surface area contributed by atoms with E-state index in [0.29, 0.717) is 0 Å². The van der Waals surface area contributed by atoms with Crippen molar-refractivity contribution in [2.24, 2.45) is 0 Å². The molecule has 2 heteroatoms. The van der Waals surface area contributed by atoms with E-state index in [0.717, 1.165) is 13.1 Å². The number of hydrogen-bond donors (Lipinski definition) is 0. The quantitative estimate of drug-likeness (QED) is 0.658. The number of hydrogen-bond acceptors (Lipinski definition) is 2. The fourth-order valence-electron chi connectivity index (χ4n) is 1.88. The maximum Gasteiger partial charge on any atom is 0.0653 e. The monoisotopic (exact) mass is 190 g/mol. The summed E-state index contributed by atoms with van der Waals surface area (Å²) in [5.41, 5.74) is 2.83. The van der Waals surface area contributed by atoms with Crippen molar-refractivity contribution in [3.63, 3.8) is 0 Å². The molecule has 2 nitrogen and oxygen atoms in total. The Kier molecular flexibility index (Phi) is 2.73. The zero-order chi connectivity index (χ0) is 9.97. The highest BCUT2D eigenvalue weighted by Gasteiger charge is 2.26. The third-order valence-electron chi connectivity index (χ3n) is 2.72. The van der Waals surface area contributed by atoms with Crippen LogP contribution in [0.4, 0.5) is 11.4 Å². The lowest BCUT2D eigenvalue weighted by atomic mass is 10.4. The summed E-state index contributed by atoms with van der Waals surface area (Å²) in [7, 11) is 2.19. The molecule has 0 fully saturated rings. The highest BCUT2D eigenvalue weighted by atomic mass is 15.3. The van der Waals surface area contributed by atoms with Gasteiger partial charge in [-0.3, -0.25) is 0 Å². The summed E-state index contributed by atoms with van der Waals surface area (Å²) >= 11 is 0. The Balaban J connectivity index is 1.75. The molecule has 0 radical (unpaired) electrons. The number of para-hydroxylation sites is 2. The van der Waals surface area contributed by atoms with Crippen LogP contribution in [0.15, 0.2) is 24.3 Å². The number of benzene rings is 1. The highest BCUT2D eigenvalue weighted by Crippen LogP contribution is 2.46. The lowest BCUT2D eigenvalue weighted by Gasteiger charge is -2.15. The van der Waals surface area contributed by atoms with Crippen molar-refractivity contribution in [1.29, 1.82) is 0 Å². The molecule has 1 aromatic carbocycles. The maximum absolute atomic E-state index is 2.39. The summed E-state index contributed by atoms with van der Waals surface area (Å²) in [5.74, 6) is 0. The van der Waals surface area contributed by atoms with E-state index in [9.17, 15) is 0 Å². The second kappa shape index (κ2) is 4.01. The standard InChI is InChI=1S/C12H18N2/c1-3-8-13(2)9-10-14-11-6-4-5-7-12(11)14/h4-7H,3,8-10H2,1-2H3. The highest BCUT2D eigenvalue weighted by molar-refractivity contribution is 5.92. The molecular formula is C12H18N2. The van der Waals surface area contributed by atoms with Crippen LogP contribution in [0, 0.1) is 0 Å². The molecule has 0 saturated heterocycles. The average molecular weight is 190 g/mol. The molecule has 0 N–H and O–H groups in total. The molecule has 2 rings (SSSR count). The molecule has 14 heavy (non-hydrogen) atoms. The van der Waals surface area contributed by atoms with E-state index in [4.69, 9.17) is 0 Å². The normalized spacial score (nSPS) is 13.2. The van der Waals surface area contributed by atoms with Gasteiger partial charge < -0.3 is 9.80 Å². The van der Waals surface area contributed by atoms with Gasteiger partial charge in [-0.1, -0.05) is 19.1 Å². The topological polar surface area (TPSA) is 6.25 Å². The third-order valence-corrected chi connectivity index (χ3v) is 2.72. The first kappa shape index (κ1) is 9.53. The number of nitrogens with zero attached hydrogens (tertiary/aromatic N) is 2. The van der Waals surface area contributed by atoms with Crippen molar-refractivity contribution in [3.8, 4) is 0 Å². The largest absolute Gasteiger partial charge is 0.337 e. The van der Waals surface area contributed by atoms with Gasteiger partial charge in [-0.2, -0.15) is 0 Å². The Morgan fingerprint density at radius 3 is 2.36 bits per heavy atom. The fourth-order valence-corrected chi connectivity index (χ4v) is 1.88. The fraction of sp³-hybridized carbons (Fsp3) is 0.500. The van der Waals surface area contributed by atoms with Crippen LogP contribution < -0.4 is 4.90 Å². The molecule has 1 aliphatic rings. The van der Waals surface area contributed by atoms with Crippen LogP contribution in [0.5, 0.6) is 0 Å². The summed E-state index contributed by atoms with van der Waals surface area (Å²) in [4.78, 5) is 4.77. The van der Waals surface area contributed by atoms with E-state index in [2.05, 4.69) is 48.0 Å². The summed E-state index contributed by atoms with van der Waals surface area (Å²) in [6.45, 7) is 5.71. The summed E-state index contributed by atoms with van der Waals surface area (Å²) < 4.78 is 0. The number of anilines is 2. The summed E-state index contributed by atoms with van der Waals surface area (Å²) in [5, 5.41) is 0. The van der Waals surface area contributed by atoms with Gasteiger partial charge in [-0.05, 0) is 32.1 Å². The van der Waals surface area contributed by atoms with Crippen LogP contribution in [-0.4, -0.2) is 31.6 Å². The van der Waals surface area contributed by atoms with Crippen LogP contribution in [0.3, 0.4) is 0 Å². The third kappa shape index (κ3) is 1.90. The predicted molar refractivity (Wildman–Crippen MR) is 61.2 cm³/mol. The zero-order valence-corrected chi connectivity index (χ0v) is 9.03. The molecule has 1 aliphatic heterocycles. The molecule has 0 aliphatic carbocycles. The Labute approximate surface area is 86.1 Å². The zero-order valence-electron chi connectivity index (χ0n) is 9.03. The van der Waals surface area contributed by atoms with Crippen molar-refractivity contribution >= 4 is 11.4 Å². The minimum atomic E-state index is 1.13. The molecule has 0 amide bonds. The number of rotatable bonds is 5. The van der Waals surface area contributed by atoms with Crippen LogP contribution in [0.2, 0.25) is 0 Å². The molecular weight excluding hydrogens is 172 g/mol. The average Bonchev–Trinajstić information content (AvgIpc) is 2.89. The van der Waals surface area contributed by atoms with E-state index in [1.165, 1.54) is 24.3 Å². The first-order valence-corrected chi connectivity index (χ1v) is 5.38. The van der Waals surface area contributed by atoms with E-state index >= 15 is 0 Å². The lowest BCUT2D eigenvalue weighted by molar-refractivity contribution is 0.345. The van der Waals surface area contributed by atoms with Crippen molar-refractivity contribution in [2.75, 3.05) is 31.6 Å². The smallest absolute Gasteiger partial charge is 0.0653 e. The van der Waals surface area contributed by atoms with Crippen molar-refractivity contribution in [3.05, 3.63) is 24.3 Å². The molecule has 76 valence electrons. The summed E-state index contributed by atoms with van der Waals surface area (Å²) in [6, 6.07) is 8.59. The number of likely N-dealkylation sites (N-methyl/N-ethyl adjacent to an activating group) is 1. The molecule has 0 aromatic heterocycles. The predicted octanol–water partition coefficient (Wildman–Crippen LogP) is 2.48. The molecule has 0 saturated carbocycles. The van der Waals surface area contributed by atoms with Crippen molar-refractivity contribution in [2.45, 2.75) is 13.3 Å². The van der Waals surface area contributed by atoms with Gasteiger partial charge in [0.1, 0.15) is 0 Å². The Morgan fingerprint density at radius 1 is 1.14 bits per heavy atom.